The molecule has 2 saturated heterocycles. The Balaban J connectivity index is 1.63. The zero-order valence-corrected chi connectivity index (χ0v) is 16.3. The number of piperazine rings is 1. The summed E-state index contributed by atoms with van der Waals surface area (Å²) in [6.07, 6.45) is 4.30. The number of aromatic nitrogens is 2. The molecule has 0 unspecified atom stereocenters. The Bertz CT molecular complexity index is 640. The molecule has 3 rings (SSSR count). The Morgan fingerprint density at radius 1 is 1.20 bits per heavy atom. The molecular formula is C18H30ClN5O. The van der Waals surface area contributed by atoms with Crippen LogP contribution in [-0.4, -0.2) is 60.5 Å². The van der Waals surface area contributed by atoms with Crippen molar-refractivity contribution in [3.63, 3.8) is 0 Å². The average Bonchev–Trinajstić information content (AvgIpc) is 2.58. The summed E-state index contributed by atoms with van der Waals surface area (Å²) in [5.41, 5.74) is 0.199. The average molecular weight is 368 g/mol. The second kappa shape index (κ2) is 7.64. The van der Waals surface area contributed by atoms with E-state index in [2.05, 4.69) is 20.2 Å². The lowest BCUT2D eigenvalue weighted by molar-refractivity contribution is 0.196. The van der Waals surface area contributed by atoms with Crippen LogP contribution in [0.1, 0.15) is 33.6 Å². The highest BCUT2D eigenvalue weighted by atomic mass is 35.5. The summed E-state index contributed by atoms with van der Waals surface area (Å²) in [6.45, 7) is 13.2. The summed E-state index contributed by atoms with van der Waals surface area (Å²) in [5.74, 6) is 0.814. The molecule has 1 aromatic rings. The summed E-state index contributed by atoms with van der Waals surface area (Å²) < 4.78 is 1.46. The monoisotopic (exact) mass is 367 g/mol. The van der Waals surface area contributed by atoms with E-state index in [1.165, 1.54) is 24.1 Å². The molecule has 0 saturated carbocycles. The maximum Gasteiger partial charge on any atom is 0.288 e. The minimum absolute atomic E-state index is 0.205. The first-order chi connectivity index (χ1) is 11.9. The fraction of sp³-hybridized carbons (Fsp3) is 0.778. The normalized spacial score (nSPS) is 20.9. The van der Waals surface area contributed by atoms with Crippen LogP contribution in [0.25, 0.3) is 0 Å². The number of nitrogens with zero attached hydrogens (tertiary/aromatic N) is 4. The van der Waals surface area contributed by atoms with Crippen LogP contribution in [-0.2, 0) is 5.54 Å². The van der Waals surface area contributed by atoms with Crippen molar-refractivity contribution in [1.29, 1.82) is 0 Å². The summed E-state index contributed by atoms with van der Waals surface area (Å²) in [7, 11) is 0. The maximum atomic E-state index is 12.5. The van der Waals surface area contributed by atoms with Gasteiger partial charge in [0.05, 0.1) is 17.4 Å². The minimum atomic E-state index is -0.368. The third-order valence-corrected chi connectivity index (χ3v) is 5.58. The van der Waals surface area contributed by atoms with Gasteiger partial charge in [0, 0.05) is 32.7 Å². The largest absolute Gasteiger partial charge is 0.366 e. The van der Waals surface area contributed by atoms with E-state index >= 15 is 0 Å². The zero-order chi connectivity index (χ0) is 18.0. The first kappa shape index (κ1) is 18.7. The van der Waals surface area contributed by atoms with Crippen LogP contribution >= 0.6 is 11.6 Å². The van der Waals surface area contributed by atoms with Gasteiger partial charge in [-0.05, 0) is 52.6 Å². The molecule has 1 aromatic heterocycles. The first-order valence-electron chi connectivity index (χ1n) is 9.32. The minimum Gasteiger partial charge on any atom is -0.366 e. The molecule has 0 amide bonds. The van der Waals surface area contributed by atoms with Gasteiger partial charge in [-0.25, -0.2) is 4.68 Å². The highest BCUT2D eigenvalue weighted by Crippen LogP contribution is 2.24. The number of hydrogen-bond acceptors (Lipinski definition) is 5. The standard InChI is InChI=1S/C18H30ClN5O/c1-18(2,3)24-17(25)16(19)15(12-21-24)23-10-8-22(9-11-23)13-14-4-6-20-7-5-14/h12,14,20H,4-11,13H2,1-3H3. The molecule has 3 heterocycles. The van der Waals surface area contributed by atoms with Gasteiger partial charge >= 0.3 is 0 Å². The maximum absolute atomic E-state index is 12.5. The number of hydrogen-bond donors (Lipinski definition) is 1. The molecule has 0 bridgehead atoms. The third-order valence-electron chi connectivity index (χ3n) is 5.22. The van der Waals surface area contributed by atoms with Crippen molar-refractivity contribution in [2.45, 2.75) is 39.2 Å². The smallest absolute Gasteiger partial charge is 0.288 e. The Hall–Kier alpha value is -1.11. The highest BCUT2D eigenvalue weighted by Gasteiger charge is 2.25. The fourth-order valence-corrected chi connectivity index (χ4v) is 3.97. The zero-order valence-electron chi connectivity index (χ0n) is 15.6. The lowest BCUT2D eigenvalue weighted by Crippen LogP contribution is -2.49. The van der Waals surface area contributed by atoms with E-state index in [0.717, 1.165) is 50.9 Å². The fourth-order valence-electron chi connectivity index (χ4n) is 3.72. The molecule has 6 nitrogen and oxygen atoms in total. The Labute approximate surface area is 155 Å². The van der Waals surface area contributed by atoms with Crippen LogP contribution in [0.2, 0.25) is 5.02 Å². The Kier molecular flexibility index (Phi) is 5.71. The van der Waals surface area contributed by atoms with E-state index in [9.17, 15) is 4.79 Å². The molecule has 7 heteroatoms. The molecule has 140 valence electrons. The molecule has 0 spiro atoms. The quantitative estimate of drug-likeness (QED) is 0.882. The SMILES string of the molecule is CC(C)(C)n1ncc(N2CCN(CC3CCNCC3)CC2)c(Cl)c1=O. The number of halogens is 1. The van der Waals surface area contributed by atoms with E-state index in [1.807, 2.05) is 20.8 Å². The molecule has 1 N–H and O–H groups in total. The molecule has 2 aliphatic rings. The van der Waals surface area contributed by atoms with E-state index in [4.69, 9.17) is 11.6 Å². The van der Waals surface area contributed by atoms with Crippen molar-refractivity contribution in [2.24, 2.45) is 5.92 Å². The van der Waals surface area contributed by atoms with Gasteiger partial charge in [-0.2, -0.15) is 5.10 Å². The van der Waals surface area contributed by atoms with Crippen molar-refractivity contribution in [3.8, 4) is 0 Å². The van der Waals surface area contributed by atoms with Gasteiger partial charge in [0.2, 0.25) is 0 Å². The second-order valence-electron chi connectivity index (χ2n) is 8.21. The number of rotatable bonds is 3. The van der Waals surface area contributed by atoms with Gasteiger partial charge in [-0.1, -0.05) is 11.6 Å². The van der Waals surface area contributed by atoms with Crippen LogP contribution in [0.4, 0.5) is 5.69 Å². The lowest BCUT2D eigenvalue weighted by atomic mass is 9.97. The van der Waals surface area contributed by atoms with Gasteiger partial charge < -0.3 is 10.2 Å². The van der Waals surface area contributed by atoms with Gasteiger partial charge in [0.1, 0.15) is 5.02 Å². The van der Waals surface area contributed by atoms with Gasteiger partial charge in [0.15, 0.2) is 0 Å². The molecule has 0 aromatic carbocycles. The lowest BCUT2D eigenvalue weighted by Gasteiger charge is -2.38. The summed E-state index contributed by atoms with van der Waals surface area (Å²) in [6, 6.07) is 0. The molecule has 0 radical (unpaired) electrons. The van der Waals surface area contributed by atoms with Crippen LogP contribution in [0.15, 0.2) is 11.0 Å². The van der Waals surface area contributed by atoms with Crippen molar-refractivity contribution >= 4 is 17.3 Å². The number of piperidine rings is 1. The summed E-state index contributed by atoms with van der Waals surface area (Å²) in [5, 5.41) is 8.07. The van der Waals surface area contributed by atoms with Gasteiger partial charge in [-0.15, -0.1) is 0 Å². The Morgan fingerprint density at radius 3 is 2.44 bits per heavy atom. The highest BCUT2D eigenvalue weighted by molar-refractivity contribution is 6.33. The van der Waals surface area contributed by atoms with Crippen LogP contribution in [0.5, 0.6) is 0 Å². The van der Waals surface area contributed by atoms with E-state index in [0.29, 0.717) is 0 Å². The molecule has 2 fully saturated rings. The van der Waals surface area contributed by atoms with Crippen molar-refractivity contribution in [2.75, 3.05) is 50.7 Å². The number of nitrogens with one attached hydrogen (secondary N) is 1. The van der Waals surface area contributed by atoms with Crippen LogP contribution < -0.4 is 15.8 Å². The van der Waals surface area contributed by atoms with Crippen LogP contribution in [0.3, 0.4) is 0 Å². The van der Waals surface area contributed by atoms with Crippen molar-refractivity contribution in [1.82, 2.24) is 20.0 Å². The number of anilines is 1. The third kappa shape index (κ3) is 4.36. The second-order valence-corrected chi connectivity index (χ2v) is 8.59. The van der Waals surface area contributed by atoms with E-state index < -0.39 is 0 Å². The molecule has 0 aliphatic carbocycles. The summed E-state index contributed by atoms with van der Waals surface area (Å²) in [4.78, 5) is 17.3. The molecule has 2 aliphatic heterocycles. The predicted octanol–water partition coefficient (Wildman–Crippen LogP) is 1.77. The summed E-state index contributed by atoms with van der Waals surface area (Å²) >= 11 is 6.39. The molecule has 0 atom stereocenters. The first-order valence-corrected chi connectivity index (χ1v) is 9.70. The van der Waals surface area contributed by atoms with E-state index in [-0.39, 0.29) is 16.1 Å². The Morgan fingerprint density at radius 2 is 1.84 bits per heavy atom. The van der Waals surface area contributed by atoms with Gasteiger partial charge in [0.25, 0.3) is 5.56 Å². The topological polar surface area (TPSA) is 53.4 Å². The molecular weight excluding hydrogens is 338 g/mol. The van der Waals surface area contributed by atoms with Gasteiger partial charge in [-0.3, -0.25) is 9.69 Å². The van der Waals surface area contributed by atoms with Crippen molar-refractivity contribution < 1.29 is 0 Å². The predicted molar refractivity (Wildman–Crippen MR) is 103 cm³/mol. The van der Waals surface area contributed by atoms with E-state index in [1.54, 1.807) is 6.20 Å². The molecule has 25 heavy (non-hydrogen) atoms. The van der Waals surface area contributed by atoms with Crippen LogP contribution in [0, 0.1) is 5.92 Å². The van der Waals surface area contributed by atoms with Crippen molar-refractivity contribution in [3.05, 3.63) is 21.6 Å².